The van der Waals surface area contributed by atoms with E-state index in [0.29, 0.717) is 19.8 Å². The molecule has 0 radical (unpaired) electrons. The summed E-state index contributed by atoms with van der Waals surface area (Å²) in [6.45, 7) is 4.86. The standard InChI is InChI=1S/C19H23BrO2/c1-16-14-17(9-10-19(16)20)8-5-11-21-12-13-22-15-18-6-3-2-4-7-18/h2-4,6-7,9-10,14H,5,8,11-13,15H2,1H3. The van der Waals surface area contributed by atoms with Crippen LogP contribution in [0.1, 0.15) is 23.1 Å². The smallest absolute Gasteiger partial charge is 0.0718 e. The molecule has 2 rings (SSSR count). The van der Waals surface area contributed by atoms with Crippen LogP contribution in [0.4, 0.5) is 0 Å². The zero-order valence-corrected chi connectivity index (χ0v) is 14.6. The molecule has 0 aromatic heterocycles. The summed E-state index contributed by atoms with van der Waals surface area (Å²) in [5.74, 6) is 0. The van der Waals surface area contributed by atoms with E-state index in [1.807, 2.05) is 18.2 Å². The minimum absolute atomic E-state index is 0.645. The zero-order chi connectivity index (χ0) is 15.6. The van der Waals surface area contributed by atoms with Crippen molar-refractivity contribution in [2.24, 2.45) is 0 Å². The van der Waals surface area contributed by atoms with Crippen LogP contribution in [0.25, 0.3) is 0 Å². The van der Waals surface area contributed by atoms with E-state index in [0.717, 1.165) is 19.4 Å². The summed E-state index contributed by atoms with van der Waals surface area (Å²) in [6, 6.07) is 16.7. The lowest BCUT2D eigenvalue weighted by atomic mass is 10.1. The van der Waals surface area contributed by atoms with Gasteiger partial charge in [-0.3, -0.25) is 0 Å². The second kappa shape index (κ2) is 9.78. The van der Waals surface area contributed by atoms with Gasteiger partial charge in [0.15, 0.2) is 0 Å². The molecule has 0 amide bonds. The van der Waals surface area contributed by atoms with Crippen molar-refractivity contribution in [1.82, 2.24) is 0 Å². The number of benzene rings is 2. The minimum Gasteiger partial charge on any atom is -0.379 e. The molecule has 3 heteroatoms. The first-order valence-corrected chi connectivity index (χ1v) is 8.49. The first kappa shape index (κ1) is 17.2. The van der Waals surface area contributed by atoms with Gasteiger partial charge in [-0.2, -0.15) is 0 Å². The van der Waals surface area contributed by atoms with E-state index < -0.39 is 0 Å². The molecule has 0 aliphatic rings. The van der Waals surface area contributed by atoms with Crippen LogP contribution in [-0.4, -0.2) is 19.8 Å². The monoisotopic (exact) mass is 362 g/mol. The molecule has 0 unspecified atom stereocenters. The van der Waals surface area contributed by atoms with Crippen molar-refractivity contribution in [3.8, 4) is 0 Å². The molecule has 0 N–H and O–H groups in total. The Labute approximate surface area is 141 Å². The van der Waals surface area contributed by atoms with E-state index in [2.05, 4.69) is 53.2 Å². The summed E-state index contributed by atoms with van der Waals surface area (Å²) in [5, 5.41) is 0. The molecule has 0 fully saturated rings. The number of hydrogen-bond acceptors (Lipinski definition) is 2. The molecule has 0 saturated heterocycles. The lowest BCUT2D eigenvalue weighted by molar-refractivity contribution is 0.0399. The molecule has 2 aromatic rings. The minimum atomic E-state index is 0.645. The fourth-order valence-electron chi connectivity index (χ4n) is 2.22. The van der Waals surface area contributed by atoms with Crippen LogP contribution in [0.3, 0.4) is 0 Å². The van der Waals surface area contributed by atoms with Gasteiger partial charge in [-0.05, 0) is 42.5 Å². The number of aryl methyl sites for hydroxylation is 2. The second-order valence-corrected chi connectivity index (χ2v) is 6.19. The molecule has 0 aliphatic carbocycles. The first-order chi connectivity index (χ1) is 10.8. The van der Waals surface area contributed by atoms with Crippen molar-refractivity contribution in [3.63, 3.8) is 0 Å². The van der Waals surface area contributed by atoms with E-state index in [1.54, 1.807) is 0 Å². The Morgan fingerprint density at radius 2 is 1.64 bits per heavy atom. The summed E-state index contributed by atoms with van der Waals surface area (Å²) in [4.78, 5) is 0. The third-order valence-electron chi connectivity index (χ3n) is 3.46. The van der Waals surface area contributed by atoms with Gasteiger partial charge in [-0.25, -0.2) is 0 Å². The summed E-state index contributed by atoms with van der Waals surface area (Å²) in [6.07, 6.45) is 2.10. The maximum absolute atomic E-state index is 5.61. The molecular weight excluding hydrogens is 340 g/mol. The summed E-state index contributed by atoms with van der Waals surface area (Å²) in [7, 11) is 0. The lowest BCUT2D eigenvalue weighted by Crippen LogP contribution is -2.06. The largest absolute Gasteiger partial charge is 0.379 e. The van der Waals surface area contributed by atoms with Crippen LogP contribution >= 0.6 is 15.9 Å². The van der Waals surface area contributed by atoms with Gasteiger partial charge >= 0.3 is 0 Å². The molecule has 0 spiro atoms. The third kappa shape index (κ3) is 6.30. The van der Waals surface area contributed by atoms with Crippen LogP contribution in [0.5, 0.6) is 0 Å². The third-order valence-corrected chi connectivity index (χ3v) is 4.35. The van der Waals surface area contributed by atoms with E-state index in [1.165, 1.54) is 21.2 Å². The molecule has 118 valence electrons. The van der Waals surface area contributed by atoms with E-state index in [4.69, 9.17) is 9.47 Å². The maximum Gasteiger partial charge on any atom is 0.0718 e. The molecule has 0 aliphatic heterocycles. The predicted molar refractivity (Wildman–Crippen MR) is 94.1 cm³/mol. The van der Waals surface area contributed by atoms with E-state index in [9.17, 15) is 0 Å². The summed E-state index contributed by atoms with van der Waals surface area (Å²) >= 11 is 3.52. The molecule has 2 aromatic carbocycles. The number of ether oxygens (including phenoxy) is 2. The molecular formula is C19H23BrO2. The number of halogens is 1. The van der Waals surface area contributed by atoms with Crippen molar-refractivity contribution >= 4 is 15.9 Å². The molecule has 0 atom stereocenters. The van der Waals surface area contributed by atoms with Gasteiger partial charge < -0.3 is 9.47 Å². The van der Waals surface area contributed by atoms with Gasteiger partial charge in [-0.1, -0.05) is 58.4 Å². The first-order valence-electron chi connectivity index (χ1n) is 7.70. The predicted octanol–water partition coefficient (Wildman–Crippen LogP) is 4.92. The molecule has 0 heterocycles. The Hall–Kier alpha value is -1.16. The second-order valence-electron chi connectivity index (χ2n) is 5.34. The summed E-state index contributed by atoms with van der Waals surface area (Å²) in [5.41, 5.74) is 3.85. The summed E-state index contributed by atoms with van der Waals surface area (Å²) < 4.78 is 12.4. The van der Waals surface area contributed by atoms with Crippen molar-refractivity contribution in [3.05, 3.63) is 69.7 Å². The van der Waals surface area contributed by atoms with Gasteiger partial charge in [-0.15, -0.1) is 0 Å². The van der Waals surface area contributed by atoms with Crippen molar-refractivity contribution in [2.45, 2.75) is 26.4 Å². The quantitative estimate of drug-likeness (QED) is 0.589. The highest BCUT2D eigenvalue weighted by atomic mass is 79.9. The van der Waals surface area contributed by atoms with Crippen molar-refractivity contribution in [1.29, 1.82) is 0 Å². The topological polar surface area (TPSA) is 18.5 Å². The fraction of sp³-hybridized carbons (Fsp3) is 0.368. The highest BCUT2D eigenvalue weighted by molar-refractivity contribution is 9.10. The zero-order valence-electron chi connectivity index (χ0n) is 13.1. The lowest BCUT2D eigenvalue weighted by Gasteiger charge is -2.07. The van der Waals surface area contributed by atoms with Crippen molar-refractivity contribution < 1.29 is 9.47 Å². The maximum atomic E-state index is 5.61. The SMILES string of the molecule is Cc1cc(CCCOCCOCc2ccccc2)ccc1Br. The Balaban J connectivity index is 1.50. The number of rotatable bonds is 9. The Bertz CT molecular complexity index is 555. The van der Waals surface area contributed by atoms with Gasteiger partial charge in [0, 0.05) is 11.1 Å². The van der Waals surface area contributed by atoms with Crippen LogP contribution in [0.2, 0.25) is 0 Å². The Morgan fingerprint density at radius 3 is 2.41 bits per heavy atom. The van der Waals surface area contributed by atoms with Crippen LogP contribution in [0, 0.1) is 6.92 Å². The molecule has 0 saturated carbocycles. The van der Waals surface area contributed by atoms with Crippen LogP contribution < -0.4 is 0 Å². The van der Waals surface area contributed by atoms with Gasteiger partial charge in [0.05, 0.1) is 19.8 Å². The average molecular weight is 363 g/mol. The Kier molecular flexibility index (Phi) is 7.64. The van der Waals surface area contributed by atoms with Crippen LogP contribution in [0.15, 0.2) is 53.0 Å². The van der Waals surface area contributed by atoms with Gasteiger partial charge in [0.25, 0.3) is 0 Å². The molecule has 22 heavy (non-hydrogen) atoms. The number of hydrogen-bond donors (Lipinski definition) is 0. The van der Waals surface area contributed by atoms with E-state index >= 15 is 0 Å². The molecule has 2 nitrogen and oxygen atoms in total. The highest BCUT2D eigenvalue weighted by Gasteiger charge is 1.98. The Morgan fingerprint density at radius 1 is 0.864 bits per heavy atom. The fourth-order valence-corrected chi connectivity index (χ4v) is 2.47. The van der Waals surface area contributed by atoms with Crippen molar-refractivity contribution in [2.75, 3.05) is 19.8 Å². The van der Waals surface area contributed by atoms with E-state index in [-0.39, 0.29) is 0 Å². The van der Waals surface area contributed by atoms with Gasteiger partial charge in [0.1, 0.15) is 0 Å². The van der Waals surface area contributed by atoms with Gasteiger partial charge in [0.2, 0.25) is 0 Å². The average Bonchev–Trinajstić information content (AvgIpc) is 2.54. The molecule has 0 bridgehead atoms. The highest BCUT2D eigenvalue weighted by Crippen LogP contribution is 2.17. The van der Waals surface area contributed by atoms with Crippen LogP contribution in [-0.2, 0) is 22.5 Å². The normalized spacial score (nSPS) is 10.8.